The molecule has 23 heteroatoms. The third-order valence-corrected chi connectivity index (χ3v) is 13.1. The molecule has 2 heterocycles. The normalized spacial score (nSPS) is 16.2. The number of rotatable bonds is 11. The number of nitrogens with zero attached hydrogens (tertiary/aromatic N) is 3. The van der Waals surface area contributed by atoms with Crippen LogP contribution in [0.15, 0.2) is 49.9 Å². The molecule has 0 saturated heterocycles. The maximum absolute atomic E-state index is 14.3. The molecular weight excluding hydrogens is 873 g/mol. The van der Waals surface area contributed by atoms with E-state index >= 15 is 0 Å². The molecule has 16 nitrogen and oxygen atoms in total. The van der Waals surface area contributed by atoms with Crippen molar-refractivity contribution in [3.8, 4) is 0 Å². The molecule has 2 aliphatic rings. The summed E-state index contributed by atoms with van der Waals surface area (Å²) in [6.45, 7) is 2.51. The number of sulfone groups is 1. The zero-order chi connectivity index (χ0) is 42.8. The van der Waals surface area contributed by atoms with Crippen LogP contribution in [0.4, 0.5) is 10.1 Å². The summed E-state index contributed by atoms with van der Waals surface area (Å²) < 4.78 is 55.7. The maximum atomic E-state index is 14.3. The van der Waals surface area contributed by atoms with Gasteiger partial charge in [-0.3, -0.25) is 38.0 Å². The lowest BCUT2D eigenvalue weighted by molar-refractivity contribution is -0.139. The number of fused-ring (bicyclic) bond motifs is 1. The number of nitrogens with two attached hydrogens (primary N) is 1. The van der Waals surface area contributed by atoms with Crippen molar-refractivity contribution >= 4 is 98.5 Å². The summed E-state index contributed by atoms with van der Waals surface area (Å²) in [6.07, 6.45) is 3.77. The predicted octanol–water partition coefficient (Wildman–Crippen LogP) is 4.35. The number of carbonyl (C=O) groups excluding carboxylic acids is 4. The number of aromatic nitrogens is 2. The molecule has 5 rings (SSSR count). The van der Waals surface area contributed by atoms with Gasteiger partial charge in [0, 0.05) is 55.5 Å². The summed E-state index contributed by atoms with van der Waals surface area (Å²) in [5.74, 6) is -4.83. The first-order valence-electron chi connectivity index (χ1n) is 16.9. The smallest absolute Gasteiger partial charge is 0.325 e. The highest BCUT2D eigenvalue weighted by Gasteiger charge is 2.37. The summed E-state index contributed by atoms with van der Waals surface area (Å²) in [7, 11) is -5.25. The van der Waals surface area contributed by atoms with Gasteiger partial charge >= 0.3 is 16.8 Å². The second-order valence-corrected chi connectivity index (χ2v) is 20.1. The van der Waals surface area contributed by atoms with Crippen LogP contribution in [-0.4, -0.2) is 95.1 Å². The van der Waals surface area contributed by atoms with Crippen LogP contribution >= 0.6 is 53.7 Å². The quantitative estimate of drug-likeness (QED) is 0.0796. The topological polar surface area (TPSA) is 252 Å². The van der Waals surface area contributed by atoms with Gasteiger partial charge in [-0.25, -0.2) is 22.5 Å². The lowest BCUT2D eigenvalue weighted by atomic mass is 9.82. The van der Waals surface area contributed by atoms with E-state index in [0.717, 1.165) is 54.3 Å². The third-order valence-electron chi connectivity index (χ3n) is 8.24. The van der Waals surface area contributed by atoms with E-state index in [1.165, 1.54) is 32.0 Å². The fraction of sp³-hybridized carbons (Fsp3) is 0.441. The molecule has 57 heavy (non-hydrogen) atoms. The summed E-state index contributed by atoms with van der Waals surface area (Å²) in [6, 6.07) is 5.26. The average molecular weight is 914 g/mol. The van der Waals surface area contributed by atoms with E-state index in [1.807, 2.05) is 0 Å². The van der Waals surface area contributed by atoms with Crippen molar-refractivity contribution in [1.82, 2.24) is 9.36 Å². The van der Waals surface area contributed by atoms with Crippen LogP contribution in [0, 0.1) is 11.7 Å². The van der Waals surface area contributed by atoms with E-state index in [4.69, 9.17) is 38.9 Å². The van der Waals surface area contributed by atoms with Gasteiger partial charge in [-0.1, -0.05) is 23.2 Å². The Balaban J connectivity index is 0.000000247. The number of ketones is 3. The van der Waals surface area contributed by atoms with E-state index in [2.05, 4.69) is 9.73 Å². The number of methoxy groups -OCH3 is 1. The second kappa shape index (κ2) is 21.0. The van der Waals surface area contributed by atoms with Gasteiger partial charge in [0.25, 0.3) is 0 Å². The molecule has 1 aliphatic carbocycles. The molecule has 0 bridgehead atoms. The standard InChI is InChI=1S/C15H15ClFN3O3S2.C14H13ClO5S.C5H12NO4P/c1-23-13(21)8-24-12-7-11(10(17)6-9(12)16)18-14-19-4-2-3-5-20(19)15(22)25-14;1-21(19,20)8-5-6-9(10(15)7-8)14(18)13-11(16)3-2-4-12(13)17;1-11(9,10)3-2-4(6)5(7)8/h6-7H,2-5,8H2,1H3;5-7,13H,2-4H2,1H3;4H,2-3,6H2,1H3,(H,7,8)(H,9,10). The number of halogens is 3. The zero-order valence-electron chi connectivity index (χ0n) is 30.8. The van der Waals surface area contributed by atoms with Gasteiger partial charge in [0.2, 0.25) is 4.80 Å². The zero-order valence-corrected chi connectivity index (χ0v) is 35.7. The highest BCUT2D eigenvalue weighted by molar-refractivity contribution is 8.00. The lowest BCUT2D eigenvalue weighted by Crippen LogP contribution is -2.35. The van der Waals surface area contributed by atoms with E-state index in [-0.39, 0.29) is 62.2 Å². The Bertz CT molecular complexity index is 2310. The number of benzene rings is 2. The van der Waals surface area contributed by atoms with Crippen LogP contribution in [0.3, 0.4) is 0 Å². The van der Waals surface area contributed by atoms with Crippen LogP contribution in [0.25, 0.3) is 0 Å². The van der Waals surface area contributed by atoms with Gasteiger partial charge in [0.15, 0.2) is 34.6 Å². The van der Waals surface area contributed by atoms with E-state index in [9.17, 15) is 46.1 Å². The number of esters is 1. The molecule has 1 aromatic heterocycles. The van der Waals surface area contributed by atoms with E-state index in [0.29, 0.717) is 29.2 Å². The molecule has 3 aromatic rings. The van der Waals surface area contributed by atoms with Crippen LogP contribution in [-0.2, 0) is 51.4 Å². The van der Waals surface area contributed by atoms with Crippen molar-refractivity contribution in [1.29, 1.82) is 0 Å². The van der Waals surface area contributed by atoms with Gasteiger partial charge in [0.1, 0.15) is 23.5 Å². The first kappa shape index (κ1) is 47.9. The van der Waals surface area contributed by atoms with Crippen molar-refractivity contribution in [2.45, 2.75) is 67.4 Å². The minimum Gasteiger partial charge on any atom is -0.480 e. The number of ether oxygens (including phenoxy) is 1. The molecule has 2 aromatic carbocycles. The fourth-order valence-corrected chi connectivity index (χ4v) is 8.94. The Morgan fingerprint density at radius 3 is 2.23 bits per heavy atom. The Labute approximate surface area is 344 Å². The molecule has 0 radical (unpaired) electrons. The van der Waals surface area contributed by atoms with Gasteiger partial charge in [0.05, 0.1) is 27.8 Å². The van der Waals surface area contributed by atoms with Crippen LogP contribution in [0.2, 0.25) is 10.0 Å². The Morgan fingerprint density at radius 2 is 1.68 bits per heavy atom. The maximum Gasteiger partial charge on any atom is 0.325 e. The largest absolute Gasteiger partial charge is 0.480 e. The second-order valence-electron chi connectivity index (χ2n) is 12.8. The summed E-state index contributed by atoms with van der Waals surface area (Å²) >= 11 is 14.1. The number of hydrogen-bond acceptors (Lipinski definition) is 14. The lowest BCUT2D eigenvalue weighted by Gasteiger charge is -2.18. The average Bonchev–Trinajstić information content (AvgIpc) is 3.45. The Kier molecular flexibility index (Phi) is 17.6. The summed E-state index contributed by atoms with van der Waals surface area (Å²) in [4.78, 5) is 83.2. The Hall–Kier alpha value is -3.49. The molecular formula is C34H40Cl2FN4O12PS3. The van der Waals surface area contributed by atoms with Gasteiger partial charge in [-0.15, -0.1) is 11.8 Å². The number of carbonyl (C=O) groups is 5. The summed E-state index contributed by atoms with van der Waals surface area (Å²) in [5, 5.41) is 8.41. The number of hydrogen-bond donors (Lipinski definition) is 3. The highest BCUT2D eigenvalue weighted by atomic mass is 35.5. The van der Waals surface area contributed by atoms with Crippen molar-refractivity contribution < 1.29 is 56.1 Å². The van der Waals surface area contributed by atoms with Crippen molar-refractivity contribution in [2.24, 2.45) is 16.6 Å². The SMILES string of the molecule is COC(=O)CSc1cc(N=c2sc(=O)n3n2CCCC3)c(F)cc1Cl.CP(=O)(O)CCC(N)C(=O)O.CS(=O)(=O)c1ccc(C(=O)C2C(=O)CCCC2=O)c(Cl)c1. The molecule has 1 aliphatic heterocycles. The number of Topliss-reactive ketones (excluding diaryl/α,β-unsaturated/α-hetero) is 3. The molecule has 2 unspecified atom stereocenters. The first-order chi connectivity index (χ1) is 26.5. The van der Waals surface area contributed by atoms with E-state index in [1.54, 1.807) is 9.36 Å². The number of aliphatic carboxylic acids is 1. The monoisotopic (exact) mass is 912 g/mol. The minimum atomic E-state index is -3.44. The molecule has 4 N–H and O–H groups in total. The third kappa shape index (κ3) is 14.1. The molecule has 0 spiro atoms. The summed E-state index contributed by atoms with van der Waals surface area (Å²) in [5.41, 5.74) is 5.17. The molecule has 0 amide bonds. The van der Waals surface area contributed by atoms with Crippen LogP contribution < -0.4 is 15.4 Å². The van der Waals surface area contributed by atoms with Crippen molar-refractivity contribution in [3.63, 3.8) is 0 Å². The fourth-order valence-electron chi connectivity index (χ4n) is 5.21. The molecule has 312 valence electrons. The van der Waals surface area contributed by atoms with Crippen LogP contribution in [0.1, 0.15) is 48.9 Å². The van der Waals surface area contributed by atoms with E-state index < -0.39 is 64.3 Å². The van der Waals surface area contributed by atoms with Crippen molar-refractivity contribution in [3.05, 3.63) is 66.2 Å². The van der Waals surface area contributed by atoms with Crippen LogP contribution in [0.5, 0.6) is 0 Å². The number of thioether (sulfide) groups is 1. The molecule has 1 saturated carbocycles. The van der Waals surface area contributed by atoms with Gasteiger partial charge in [-0.2, -0.15) is 0 Å². The van der Waals surface area contributed by atoms with Gasteiger partial charge in [-0.05, 0) is 67.4 Å². The van der Waals surface area contributed by atoms with Crippen molar-refractivity contribution in [2.75, 3.05) is 31.9 Å². The molecule has 2 atom stereocenters. The minimum absolute atomic E-state index is 0.00216. The number of carboxylic acids is 1. The first-order valence-corrected chi connectivity index (χ1v) is 23.7. The van der Waals surface area contributed by atoms with Gasteiger partial charge < -0.3 is 20.5 Å². The Morgan fingerprint density at radius 1 is 1.07 bits per heavy atom. The predicted molar refractivity (Wildman–Crippen MR) is 212 cm³/mol. The number of carboxylic acid groups (broad SMARTS) is 1. The molecule has 1 fully saturated rings. The highest BCUT2D eigenvalue weighted by Crippen LogP contribution is 2.36.